The molecule has 0 radical (unpaired) electrons. The first-order valence-corrected chi connectivity index (χ1v) is 8.50. The van der Waals surface area contributed by atoms with Gasteiger partial charge in [0.1, 0.15) is 11.3 Å². The number of nitrogen functional groups attached to an aromatic ring is 1. The summed E-state index contributed by atoms with van der Waals surface area (Å²) in [6.45, 7) is 11.4. The monoisotopic (exact) mass is 334 g/mol. The van der Waals surface area contributed by atoms with Gasteiger partial charge in [-0.3, -0.25) is 0 Å². The van der Waals surface area contributed by atoms with E-state index < -0.39 is 5.60 Å². The molecule has 0 bridgehead atoms. The molecule has 2 aromatic heterocycles. The summed E-state index contributed by atoms with van der Waals surface area (Å²) in [6, 6.07) is 0. The minimum Gasteiger partial charge on any atom is -0.389 e. The quantitative estimate of drug-likeness (QED) is 0.668. The standard InChI is InChI=1S/C17H30N6O/c1-16(2,3)20-9-7-6-8-12-21-14(18)13-15(22-12)23(11-19-13)10-17(4,5)24/h11,20,24H,6-10H2,1-5H3,(H2,18,21,22). The number of aliphatic hydroxyl groups is 1. The lowest BCUT2D eigenvalue weighted by Crippen LogP contribution is -2.36. The van der Waals surface area contributed by atoms with E-state index in [4.69, 9.17) is 5.73 Å². The molecule has 0 atom stereocenters. The maximum atomic E-state index is 10.0. The van der Waals surface area contributed by atoms with Gasteiger partial charge in [0.15, 0.2) is 11.5 Å². The van der Waals surface area contributed by atoms with Crippen LogP contribution in [0.5, 0.6) is 0 Å². The van der Waals surface area contributed by atoms with Crippen molar-refractivity contribution in [3.05, 3.63) is 12.2 Å². The minimum absolute atomic E-state index is 0.142. The highest BCUT2D eigenvalue weighted by Crippen LogP contribution is 2.19. The number of hydrogen-bond acceptors (Lipinski definition) is 6. The minimum atomic E-state index is -0.841. The van der Waals surface area contributed by atoms with Crippen LogP contribution in [0.2, 0.25) is 0 Å². The molecular weight excluding hydrogens is 304 g/mol. The molecule has 4 N–H and O–H groups in total. The van der Waals surface area contributed by atoms with Crippen molar-refractivity contribution in [2.75, 3.05) is 12.3 Å². The second kappa shape index (κ2) is 7.03. The molecule has 7 heteroatoms. The topological polar surface area (TPSA) is 102 Å². The van der Waals surface area contributed by atoms with Crippen molar-refractivity contribution >= 4 is 17.0 Å². The lowest BCUT2D eigenvalue weighted by Gasteiger charge is -2.20. The number of aryl methyl sites for hydroxylation is 1. The Morgan fingerprint density at radius 1 is 1.17 bits per heavy atom. The van der Waals surface area contributed by atoms with E-state index in [1.54, 1.807) is 20.2 Å². The van der Waals surface area contributed by atoms with Gasteiger partial charge in [-0.2, -0.15) is 0 Å². The Balaban J connectivity index is 2.04. The van der Waals surface area contributed by atoms with Crippen LogP contribution in [0, 0.1) is 0 Å². The average Bonchev–Trinajstić information content (AvgIpc) is 2.79. The van der Waals surface area contributed by atoms with Crippen molar-refractivity contribution in [3.63, 3.8) is 0 Å². The number of rotatable bonds is 7. The molecule has 0 amide bonds. The molecule has 0 unspecified atom stereocenters. The fourth-order valence-electron chi connectivity index (χ4n) is 2.53. The molecule has 0 aliphatic heterocycles. The van der Waals surface area contributed by atoms with Crippen molar-refractivity contribution in [3.8, 4) is 0 Å². The third-order valence-electron chi connectivity index (χ3n) is 3.58. The molecule has 0 aliphatic carbocycles. The fourth-order valence-corrected chi connectivity index (χ4v) is 2.53. The lowest BCUT2D eigenvalue weighted by molar-refractivity contribution is 0.0625. The molecule has 0 aromatic carbocycles. The molecule has 0 aliphatic rings. The third kappa shape index (κ3) is 5.42. The Labute approximate surface area is 143 Å². The van der Waals surface area contributed by atoms with Crippen molar-refractivity contribution in [2.24, 2.45) is 0 Å². The summed E-state index contributed by atoms with van der Waals surface area (Å²) >= 11 is 0. The number of unbranched alkanes of at least 4 members (excludes halogenated alkanes) is 1. The fraction of sp³-hybridized carbons (Fsp3) is 0.706. The summed E-state index contributed by atoms with van der Waals surface area (Å²) < 4.78 is 1.83. The van der Waals surface area contributed by atoms with Crippen LogP contribution in [0.25, 0.3) is 11.2 Å². The second-order valence-electron chi connectivity index (χ2n) is 8.02. The van der Waals surface area contributed by atoms with Crippen LogP contribution in [-0.4, -0.2) is 42.3 Å². The molecular formula is C17H30N6O. The maximum Gasteiger partial charge on any atom is 0.165 e. The number of hydrogen-bond donors (Lipinski definition) is 3. The van der Waals surface area contributed by atoms with Gasteiger partial charge in [-0.05, 0) is 54.0 Å². The van der Waals surface area contributed by atoms with Gasteiger partial charge >= 0.3 is 0 Å². The van der Waals surface area contributed by atoms with Gasteiger partial charge in [0.05, 0.1) is 18.5 Å². The highest BCUT2D eigenvalue weighted by Gasteiger charge is 2.18. The smallest absolute Gasteiger partial charge is 0.165 e. The summed E-state index contributed by atoms with van der Waals surface area (Å²) in [5, 5.41) is 13.5. The van der Waals surface area contributed by atoms with Gasteiger partial charge in [-0.15, -0.1) is 0 Å². The molecule has 2 aromatic rings. The molecule has 2 heterocycles. The molecule has 0 saturated carbocycles. The predicted octanol–water partition coefficient (Wildman–Crippen LogP) is 1.89. The highest BCUT2D eigenvalue weighted by atomic mass is 16.3. The van der Waals surface area contributed by atoms with E-state index in [1.807, 2.05) is 4.57 Å². The predicted molar refractivity (Wildman–Crippen MR) is 96.7 cm³/mol. The number of imidazole rings is 1. The maximum absolute atomic E-state index is 10.0. The van der Waals surface area contributed by atoms with Crippen LogP contribution >= 0.6 is 0 Å². The first-order chi connectivity index (χ1) is 11.1. The number of anilines is 1. The Morgan fingerprint density at radius 2 is 1.88 bits per heavy atom. The molecule has 24 heavy (non-hydrogen) atoms. The van der Waals surface area contributed by atoms with Crippen molar-refractivity contribution in [1.82, 2.24) is 24.8 Å². The summed E-state index contributed by atoms with van der Waals surface area (Å²) in [5.74, 6) is 1.13. The van der Waals surface area contributed by atoms with Crippen LogP contribution in [0.4, 0.5) is 5.82 Å². The summed E-state index contributed by atoms with van der Waals surface area (Å²) in [6.07, 6.45) is 4.49. The molecule has 0 saturated heterocycles. The largest absolute Gasteiger partial charge is 0.389 e. The van der Waals surface area contributed by atoms with Crippen molar-refractivity contribution in [1.29, 1.82) is 0 Å². The Morgan fingerprint density at radius 3 is 2.50 bits per heavy atom. The van der Waals surface area contributed by atoms with E-state index in [1.165, 1.54) is 0 Å². The second-order valence-corrected chi connectivity index (χ2v) is 8.02. The average molecular weight is 334 g/mol. The van der Waals surface area contributed by atoms with E-state index in [0.29, 0.717) is 23.5 Å². The van der Waals surface area contributed by atoms with E-state index in [9.17, 15) is 5.11 Å². The normalized spacial score (nSPS) is 12.9. The zero-order valence-corrected chi connectivity index (χ0v) is 15.4. The zero-order chi connectivity index (χ0) is 18.0. The van der Waals surface area contributed by atoms with Gasteiger partial charge in [0.2, 0.25) is 0 Å². The Kier molecular flexibility index (Phi) is 5.45. The van der Waals surface area contributed by atoms with E-state index >= 15 is 0 Å². The first-order valence-electron chi connectivity index (χ1n) is 8.50. The summed E-state index contributed by atoms with van der Waals surface area (Å²) in [4.78, 5) is 13.2. The third-order valence-corrected chi connectivity index (χ3v) is 3.58. The number of aromatic nitrogens is 4. The van der Waals surface area contributed by atoms with Gasteiger partial charge in [0, 0.05) is 12.0 Å². The molecule has 0 fully saturated rings. The van der Waals surface area contributed by atoms with E-state index in [-0.39, 0.29) is 5.54 Å². The van der Waals surface area contributed by atoms with Crippen molar-refractivity contribution in [2.45, 2.75) is 71.6 Å². The zero-order valence-electron chi connectivity index (χ0n) is 15.4. The molecule has 2 rings (SSSR count). The number of fused-ring (bicyclic) bond motifs is 1. The number of nitrogens with zero attached hydrogens (tertiary/aromatic N) is 4. The lowest BCUT2D eigenvalue weighted by atomic mass is 10.1. The van der Waals surface area contributed by atoms with E-state index in [2.05, 4.69) is 41.0 Å². The van der Waals surface area contributed by atoms with Crippen LogP contribution < -0.4 is 11.1 Å². The van der Waals surface area contributed by atoms with Gasteiger partial charge < -0.3 is 20.7 Å². The van der Waals surface area contributed by atoms with Crippen molar-refractivity contribution < 1.29 is 5.11 Å². The Bertz CT molecular complexity index is 681. The van der Waals surface area contributed by atoms with E-state index in [0.717, 1.165) is 31.6 Å². The van der Waals surface area contributed by atoms with Crippen LogP contribution in [-0.2, 0) is 13.0 Å². The first kappa shape index (κ1) is 18.6. The highest BCUT2D eigenvalue weighted by molar-refractivity contribution is 5.81. The molecule has 7 nitrogen and oxygen atoms in total. The SMILES string of the molecule is CC(C)(O)Cn1cnc2c(N)nc(CCCCNC(C)(C)C)nc21. The number of nitrogens with one attached hydrogen (secondary N) is 1. The molecule has 134 valence electrons. The van der Waals surface area contributed by atoms with Crippen LogP contribution in [0.1, 0.15) is 53.3 Å². The molecule has 0 spiro atoms. The van der Waals surface area contributed by atoms with Gasteiger partial charge in [-0.25, -0.2) is 15.0 Å². The van der Waals surface area contributed by atoms with Crippen LogP contribution in [0.3, 0.4) is 0 Å². The Hall–Kier alpha value is -1.73. The summed E-state index contributed by atoms with van der Waals surface area (Å²) in [7, 11) is 0. The number of nitrogens with two attached hydrogens (primary N) is 1. The van der Waals surface area contributed by atoms with Gasteiger partial charge in [-0.1, -0.05) is 0 Å². The summed E-state index contributed by atoms with van der Waals surface area (Å²) in [5.41, 5.74) is 6.60. The van der Waals surface area contributed by atoms with Gasteiger partial charge in [0.25, 0.3) is 0 Å². The van der Waals surface area contributed by atoms with Crippen LogP contribution in [0.15, 0.2) is 6.33 Å².